The van der Waals surface area contributed by atoms with E-state index in [0.29, 0.717) is 48.8 Å². The molecule has 8 nitrogen and oxygen atoms in total. The molecule has 0 spiro atoms. The Morgan fingerprint density at radius 2 is 2.12 bits per heavy atom. The van der Waals surface area contributed by atoms with Crippen molar-refractivity contribution < 1.29 is 14.3 Å². The standard InChI is InChI=1S/C17H19N5O3/c1-21-11-14(16(20-21)24-2)17(23)22-8-5-13(6-9-22)25-15-12(10-18)4-3-7-19-15/h3-4,7,11,13H,5-6,8-9H2,1-2H3. The van der Waals surface area contributed by atoms with Gasteiger partial charge < -0.3 is 14.4 Å². The molecule has 1 saturated heterocycles. The largest absolute Gasteiger partial charge is 0.479 e. The van der Waals surface area contributed by atoms with E-state index in [-0.39, 0.29) is 12.0 Å². The summed E-state index contributed by atoms with van der Waals surface area (Å²) in [5.41, 5.74) is 0.877. The van der Waals surface area contributed by atoms with Gasteiger partial charge in [0.05, 0.1) is 7.11 Å². The van der Waals surface area contributed by atoms with E-state index in [0.717, 1.165) is 0 Å². The van der Waals surface area contributed by atoms with Gasteiger partial charge in [-0.25, -0.2) is 4.98 Å². The third-order valence-electron chi connectivity index (χ3n) is 4.12. The molecule has 0 aliphatic carbocycles. The highest BCUT2D eigenvalue weighted by Crippen LogP contribution is 2.23. The number of ether oxygens (including phenoxy) is 2. The second-order valence-corrected chi connectivity index (χ2v) is 5.80. The SMILES string of the molecule is COc1nn(C)cc1C(=O)N1CCC(Oc2ncccc2C#N)CC1. The summed E-state index contributed by atoms with van der Waals surface area (Å²) in [4.78, 5) is 18.5. The molecule has 2 aromatic rings. The summed E-state index contributed by atoms with van der Waals surface area (Å²) in [5.74, 6) is 0.584. The Labute approximate surface area is 145 Å². The molecule has 0 aromatic carbocycles. The first-order chi connectivity index (χ1) is 12.1. The zero-order chi connectivity index (χ0) is 17.8. The number of rotatable bonds is 4. The number of piperidine rings is 1. The van der Waals surface area contributed by atoms with E-state index >= 15 is 0 Å². The van der Waals surface area contributed by atoms with Crippen molar-refractivity contribution in [2.75, 3.05) is 20.2 Å². The van der Waals surface area contributed by atoms with Crippen molar-refractivity contribution >= 4 is 5.91 Å². The van der Waals surface area contributed by atoms with Crippen molar-refractivity contribution in [1.82, 2.24) is 19.7 Å². The van der Waals surface area contributed by atoms with Gasteiger partial charge in [-0.3, -0.25) is 9.48 Å². The summed E-state index contributed by atoms with van der Waals surface area (Å²) >= 11 is 0. The van der Waals surface area contributed by atoms with Crippen LogP contribution < -0.4 is 9.47 Å². The topological polar surface area (TPSA) is 93.3 Å². The van der Waals surface area contributed by atoms with E-state index in [1.165, 1.54) is 7.11 Å². The Morgan fingerprint density at radius 1 is 1.36 bits per heavy atom. The van der Waals surface area contributed by atoms with Crippen molar-refractivity contribution in [1.29, 1.82) is 5.26 Å². The number of carbonyl (C=O) groups is 1. The van der Waals surface area contributed by atoms with Gasteiger partial charge >= 0.3 is 0 Å². The molecule has 1 aliphatic heterocycles. The molecule has 0 bridgehead atoms. The average molecular weight is 341 g/mol. The average Bonchev–Trinajstić information content (AvgIpc) is 3.03. The number of hydrogen-bond donors (Lipinski definition) is 0. The van der Waals surface area contributed by atoms with Crippen LogP contribution in [0.3, 0.4) is 0 Å². The Balaban J connectivity index is 1.62. The Bertz CT molecular complexity index is 803. The van der Waals surface area contributed by atoms with Crippen molar-refractivity contribution in [3.8, 4) is 17.8 Å². The van der Waals surface area contributed by atoms with E-state index in [4.69, 9.17) is 14.7 Å². The van der Waals surface area contributed by atoms with E-state index in [1.54, 1.807) is 41.2 Å². The monoisotopic (exact) mass is 341 g/mol. The molecule has 0 saturated carbocycles. The van der Waals surface area contributed by atoms with E-state index in [9.17, 15) is 4.79 Å². The molecule has 1 fully saturated rings. The summed E-state index contributed by atoms with van der Waals surface area (Å²) in [6, 6.07) is 5.45. The molecule has 0 N–H and O–H groups in total. The van der Waals surface area contributed by atoms with Gasteiger partial charge in [-0.1, -0.05) is 0 Å². The van der Waals surface area contributed by atoms with Crippen molar-refractivity contribution in [3.63, 3.8) is 0 Å². The molecule has 8 heteroatoms. The number of aromatic nitrogens is 3. The molecular formula is C17H19N5O3. The van der Waals surface area contributed by atoms with E-state index in [1.807, 2.05) is 0 Å². The highest BCUT2D eigenvalue weighted by molar-refractivity contribution is 5.96. The summed E-state index contributed by atoms with van der Waals surface area (Å²) in [6.45, 7) is 1.13. The fourth-order valence-electron chi connectivity index (χ4n) is 2.84. The van der Waals surface area contributed by atoms with Gasteiger partial charge in [0.25, 0.3) is 5.91 Å². The maximum absolute atomic E-state index is 12.7. The molecule has 0 unspecified atom stereocenters. The van der Waals surface area contributed by atoms with Crippen LogP contribution in [0.25, 0.3) is 0 Å². The molecule has 130 valence electrons. The molecule has 0 radical (unpaired) electrons. The number of nitrogens with zero attached hydrogens (tertiary/aromatic N) is 5. The summed E-state index contributed by atoms with van der Waals surface area (Å²) in [7, 11) is 3.25. The molecule has 2 aromatic heterocycles. The number of hydrogen-bond acceptors (Lipinski definition) is 6. The van der Waals surface area contributed by atoms with Crippen LogP contribution in [0.2, 0.25) is 0 Å². The zero-order valence-corrected chi connectivity index (χ0v) is 14.2. The third-order valence-corrected chi connectivity index (χ3v) is 4.12. The Morgan fingerprint density at radius 3 is 2.80 bits per heavy atom. The van der Waals surface area contributed by atoms with Crippen LogP contribution in [0.5, 0.6) is 11.8 Å². The predicted octanol–water partition coefficient (Wildman–Crippen LogP) is 1.38. The number of aryl methyl sites for hydroxylation is 1. The second-order valence-electron chi connectivity index (χ2n) is 5.80. The molecule has 3 heterocycles. The van der Waals surface area contributed by atoms with Gasteiger partial charge in [-0.2, -0.15) is 5.26 Å². The quantitative estimate of drug-likeness (QED) is 0.834. The second kappa shape index (κ2) is 7.21. The van der Waals surface area contributed by atoms with Gasteiger partial charge in [0.2, 0.25) is 11.8 Å². The maximum Gasteiger partial charge on any atom is 0.260 e. The van der Waals surface area contributed by atoms with E-state index < -0.39 is 0 Å². The van der Waals surface area contributed by atoms with Gasteiger partial charge in [0.1, 0.15) is 23.3 Å². The smallest absolute Gasteiger partial charge is 0.260 e. The molecule has 3 rings (SSSR count). The third kappa shape index (κ3) is 3.55. The van der Waals surface area contributed by atoms with Crippen molar-refractivity contribution in [2.45, 2.75) is 18.9 Å². The van der Waals surface area contributed by atoms with Crippen molar-refractivity contribution in [3.05, 3.63) is 35.7 Å². The number of pyridine rings is 1. The molecular weight excluding hydrogens is 322 g/mol. The lowest BCUT2D eigenvalue weighted by molar-refractivity contribution is 0.0584. The lowest BCUT2D eigenvalue weighted by Crippen LogP contribution is -2.42. The maximum atomic E-state index is 12.7. The van der Waals surface area contributed by atoms with Gasteiger partial charge in [0, 0.05) is 45.4 Å². The minimum Gasteiger partial charge on any atom is -0.479 e. The predicted molar refractivity (Wildman–Crippen MR) is 88.3 cm³/mol. The number of amides is 1. The Kier molecular flexibility index (Phi) is 4.84. The summed E-state index contributed by atoms with van der Waals surface area (Å²) < 4.78 is 12.6. The van der Waals surface area contributed by atoms with Crippen LogP contribution in [-0.4, -0.2) is 51.9 Å². The van der Waals surface area contributed by atoms with Crippen LogP contribution >= 0.6 is 0 Å². The fraction of sp³-hybridized carbons (Fsp3) is 0.412. The summed E-state index contributed by atoms with van der Waals surface area (Å²) in [5, 5.41) is 13.2. The van der Waals surface area contributed by atoms with Crippen LogP contribution in [-0.2, 0) is 7.05 Å². The van der Waals surface area contributed by atoms with E-state index in [2.05, 4.69) is 16.2 Å². The molecule has 25 heavy (non-hydrogen) atoms. The normalized spacial score (nSPS) is 14.8. The first-order valence-electron chi connectivity index (χ1n) is 8.01. The first kappa shape index (κ1) is 16.8. The van der Waals surface area contributed by atoms with Gasteiger partial charge in [0.15, 0.2) is 0 Å². The van der Waals surface area contributed by atoms with Crippen LogP contribution in [0.15, 0.2) is 24.5 Å². The highest BCUT2D eigenvalue weighted by atomic mass is 16.5. The van der Waals surface area contributed by atoms with Crippen molar-refractivity contribution in [2.24, 2.45) is 7.05 Å². The van der Waals surface area contributed by atoms with Crippen LogP contribution in [0, 0.1) is 11.3 Å². The van der Waals surface area contributed by atoms with Gasteiger partial charge in [-0.15, -0.1) is 5.10 Å². The summed E-state index contributed by atoms with van der Waals surface area (Å²) in [6.07, 6.45) is 4.55. The fourth-order valence-corrected chi connectivity index (χ4v) is 2.84. The number of methoxy groups -OCH3 is 1. The zero-order valence-electron chi connectivity index (χ0n) is 14.2. The molecule has 0 atom stereocenters. The highest BCUT2D eigenvalue weighted by Gasteiger charge is 2.28. The molecule has 1 aliphatic rings. The number of nitriles is 1. The van der Waals surface area contributed by atoms with Gasteiger partial charge in [-0.05, 0) is 12.1 Å². The first-order valence-corrected chi connectivity index (χ1v) is 8.01. The van der Waals surface area contributed by atoms with Crippen LogP contribution in [0.4, 0.5) is 0 Å². The number of carbonyl (C=O) groups excluding carboxylic acids is 1. The van der Waals surface area contributed by atoms with Crippen LogP contribution in [0.1, 0.15) is 28.8 Å². The lowest BCUT2D eigenvalue weighted by atomic mass is 10.1. The Hall–Kier alpha value is -3.08. The number of likely N-dealkylation sites (tertiary alicyclic amines) is 1. The minimum absolute atomic E-state index is 0.0677. The lowest BCUT2D eigenvalue weighted by Gasteiger charge is -2.31. The molecule has 1 amide bonds. The minimum atomic E-state index is -0.0982.